The molecule has 7 heteroatoms. The summed E-state index contributed by atoms with van der Waals surface area (Å²) in [4.78, 5) is 0. The van der Waals surface area contributed by atoms with Crippen LogP contribution in [0.3, 0.4) is 0 Å². The van der Waals surface area contributed by atoms with Crippen molar-refractivity contribution >= 4 is 21.6 Å². The van der Waals surface area contributed by atoms with E-state index < -0.39 is 10.0 Å². The molecule has 1 aromatic heterocycles. The number of halogens is 1. The van der Waals surface area contributed by atoms with Crippen LogP contribution in [0.15, 0.2) is 34.9 Å². The molecular weight excluding hydrogens is 312 g/mol. The van der Waals surface area contributed by atoms with E-state index in [1.807, 2.05) is 19.1 Å². The van der Waals surface area contributed by atoms with Crippen LogP contribution < -0.4 is 0 Å². The molecule has 0 aliphatic rings. The lowest BCUT2D eigenvalue weighted by molar-refractivity contribution is 0.373. The van der Waals surface area contributed by atoms with E-state index in [9.17, 15) is 8.42 Å². The van der Waals surface area contributed by atoms with Crippen LogP contribution in [-0.4, -0.2) is 24.9 Å². The molecule has 0 aliphatic carbocycles. The van der Waals surface area contributed by atoms with E-state index in [-0.39, 0.29) is 11.8 Å². The largest absolute Gasteiger partial charge is 0.360 e. The zero-order chi connectivity index (χ0) is 15.6. The Morgan fingerprint density at radius 2 is 1.95 bits per heavy atom. The van der Waals surface area contributed by atoms with Crippen molar-refractivity contribution in [3.8, 4) is 0 Å². The lowest BCUT2D eigenvalue weighted by atomic mass is 10.1. The van der Waals surface area contributed by atoms with Crippen molar-refractivity contribution in [3.63, 3.8) is 0 Å². The van der Waals surface area contributed by atoms with Gasteiger partial charge >= 0.3 is 0 Å². The van der Waals surface area contributed by atoms with Gasteiger partial charge in [-0.3, -0.25) is 0 Å². The summed E-state index contributed by atoms with van der Waals surface area (Å²) >= 11 is 5.84. The highest BCUT2D eigenvalue weighted by Crippen LogP contribution is 2.24. The van der Waals surface area contributed by atoms with Gasteiger partial charge in [-0.05, 0) is 31.5 Å². The minimum atomic E-state index is -3.49. The predicted octanol–water partition coefficient (Wildman–Crippen LogP) is 3.16. The van der Waals surface area contributed by atoms with Crippen LogP contribution in [0, 0.1) is 6.92 Å². The summed E-state index contributed by atoms with van der Waals surface area (Å²) < 4.78 is 31.1. The summed E-state index contributed by atoms with van der Waals surface area (Å²) in [6.07, 6.45) is 0. The van der Waals surface area contributed by atoms with E-state index in [4.69, 9.17) is 16.1 Å². The van der Waals surface area contributed by atoms with Crippen LogP contribution in [-0.2, 0) is 15.8 Å². The van der Waals surface area contributed by atoms with Crippen LogP contribution in [0.5, 0.6) is 0 Å². The zero-order valence-electron chi connectivity index (χ0n) is 12.1. The number of nitrogens with zero attached hydrogens (tertiary/aromatic N) is 2. The molecule has 0 saturated heterocycles. The van der Waals surface area contributed by atoms with Gasteiger partial charge in [-0.25, -0.2) is 8.42 Å². The van der Waals surface area contributed by atoms with Gasteiger partial charge in [0.05, 0.1) is 5.69 Å². The Kier molecular flexibility index (Phi) is 4.70. The second-order valence-corrected chi connectivity index (χ2v) is 7.40. The molecule has 2 rings (SSSR count). The first kappa shape index (κ1) is 16.0. The molecule has 0 N–H and O–H groups in total. The fraction of sp³-hybridized carbons (Fsp3) is 0.357. The monoisotopic (exact) mass is 328 g/mol. The van der Waals surface area contributed by atoms with Crippen molar-refractivity contribution in [2.45, 2.75) is 25.6 Å². The van der Waals surface area contributed by atoms with Crippen LogP contribution in [0.25, 0.3) is 0 Å². The highest BCUT2D eigenvalue weighted by atomic mass is 35.5. The molecule has 5 nitrogen and oxygen atoms in total. The third-order valence-corrected chi connectivity index (χ3v) is 5.43. The van der Waals surface area contributed by atoms with E-state index in [1.54, 1.807) is 32.2 Å². The summed E-state index contributed by atoms with van der Waals surface area (Å²) in [6, 6.07) is 8.45. The zero-order valence-corrected chi connectivity index (χ0v) is 13.6. The predicted molar refractivity (Wildman–Crippen MR) is 81.5 cm³/mol. The van der Waals surface area contributed by atoms with Gasteiger partial charge in [0, 0.05) is 24.2 Å². The van der Waals surface area contributed by atoms with E-state index in [2.05, 4.69) is 5.16 Å². The van der Waals surface area contributed by atoms with Crippen LogP contribution >= 0.6 is 11.6 Å². The Balaban J connectivity index is 2.17. The number of benzene rings is 1. The molecule has 0 aliphatic heterocycles. The van der Waals surface area contributed by atoms with Crippen molar-refractivity contribution < 1.29 is 12.9 Å². The second kappa shape index (κ2) is 6.17. The third-order valence-electron chi connectivity index (χ3n) is 3.34. The van der Waals surface area contributed by atoms with Gasteiger partial charge in [0.2, 0.25) is 10.0 Å². The Bertz CT molecular complexity index is 710. The lowest BCUT2D eigenvalue weighted by Gasteiger charge is -2.24. The summed E-state index contributed by atoms with van der Waals surface area (Å²) in [7, 11) is -1.94. The van der Waals surface area contributed by atoms with Crippen LogP contribution in [0.4, 0.5) is 0 Å². The summed E-state index contributed by atoms with van der Waals surface area (Å²) in [6.45, 7) is 3.58. The Morgan fingerprint density at radius 3 is 2.48 bits per heavy atom. The topological polar surface area (TPSA) is 63.4 Å². The molecule has 0 radical (unpaired) electrons. The standard InChI is InChI=1S/C14H17ClN2O3S/c1-10-8-14(20-16-10)9-21(18,19)17(3)11(2)12-4-6-13(15)7-5-12/h4-8,11H,9H2,1-3H3/t11-/m0/s1. The minimum Gasteiger partial charge on any atom is -0.360 e. The normalized spacial score (nSPS) is 13.6. The first-order valence-electron chi connectivity index (χ1n) is 6.43. The Hall–Kier alpha value is -1.37. The highest BCUT2D eigenvalue weighted by molar-refractivity contribution is 7.88. The number of aryl methyl sites for hydroxylation is 1. The number of hydrogen-bond acceptors (Lipinski definition) is 4. The molecule has 21 heavy (non-hydrogen) atoms. The van der Waals surface area contributed by atoms with E-state index >= 15 is 0 Å². The van der Waals surface area contributed by atoms with Gasteiger partial charge in [-0.15, -0.1) is 0 Å². The molecule has 0 amide bonds. The molecule has 0 unspecified atom stereocenters. The summed E-state index contributed by atoms with van der Waals surface area (Å²) in [5.41, 5.74) is 1.54. The molecule has 0 saturated carbocycles. The molecule has 0 spiro atoms. The van der Waals surface area contributed by atoms with Crippen LogP contribution in [0.1, 0.15) is 30.0 Å². The fourth-order valence-corrected chi connectivity index (χ4v) is 3.39. The Morgan fingerprint density at radius 1 is 1.33 bits per heavy atom. The molecular formula is C14H17ClN2O3S. The van der Waals surface area contributed by atoms with E-state index in [0.29, 0.717) is 16.5 Å². The van der Waals surface area contributed by atoms with Crippen molar-refractivity contribution in [2.24, 2.45) is 0 Å². The number of aromatic nitrogens is 1. The summed E-state index contributed by atoms with van der Waals surface area (Å²) in [5.74, 6) is 0.130. The van der Waals surface area contributed by atoms with Crippen molar-refractivity contribution in [2.75, 3.05) is 7.05 Å². The Labute approximate surface area is 129 Å². The quantitative estimate of drug-likeness (QED) is 0.845. The molecule has 0 bridgehead atoms. The van der Waals surface area contributed by atoms with Gasteiger partial charge in [0.25, 0.3) is 0 Å². The summed E-state index contributed by atoms with van der Waals surface area (Å²) in [5, 5.41) is 4.32. The first-order valence-corrected chi connectivity index (χ1v) is 8.41. The van der Waals surface area contributed by atoms with Gasteiger partial charge in [-0.1, -0.05) is 28.9 Å². The average molecular weight is 329 g/mol. The van der Waals surface area contributed by atoms with Gasteiger partial charge in [-0.2, -0.15) is 4.31 Å². The second-order valence-electron chi connectivity index (χ2n) is 4.93. The SMILES string of the molecule is Cc1cc(CS(=O)(=O)N(C)[C@@H](C)c2ccc(Cl)cc2)on1. The smallest absolute Gasteiger partial charge is 0.221 e. The molecule has 1 aromatic carbocycles. The maximum absolute atomic E-state index is 12.4. The minimum absolute atomic E-state index is 0.206. The van der Waals surface area contributed by atoms with Gasteiger partial charge in [0.1, 0.15) is 5.75 Å². The maximum atomic E-state index is 12.4. The van der Waals surface area contributed by atoms with Crippen molar-refractivity contribution in [3.05, 3.63) is 52.4 Å². The molecule has 0 fully saturated rings. The third kappa shape index (κ3) is 3.84. The van der Waals surface area contributed by atoms with E-state index in [0.717, 1.165) is 5.56 Å². The average Bonchev–Trinajstić information content (AvgIpc) is 2.82. The molecule has 114 valence electrons. The first-order chi connectivity index (χ1) is 9.79. The maximum Gasteiger partial charge on any atom is 0.221 e. The fourth-order valence-electron chi connectivity index (χ4n) is 1.96. The van der Waals surface area contributed by atoms with Crippen molar-refractivity contribution in [1.82, 2.24) is 9.46 Å². The number of sulfonamides is 1. The van der Waals surface area contributed by atoms with E-state index in [1.165, 1.54) is 4.31 Å². The molecule has 2 aromatic rings. The van der Waals surface area contributed by atoms with Gasteiger partial charge < -0.3 is 4.52 Å². The molecule has 1 atom stereocenters. The lowest BCUT2D eigenvalue weighted by Crippen LogP contribution is -2.30. The van der Waals surface area contributed by atoms with Crippen molar-refractivity contribution in [1.29, 1.82) is 0 Å². The van der Waals surface area contributed by atoms with Gasteiger partial charge in [0.15, 0.2) is 5.76 Å². The number of hydrogen-bond donors (Lipinski definition) is 0. The van der Waals surface area contributed by atoms with Crippen LogP contribution in [0.2, 0.25) is 5.02 Å². The molecule has 1 heterocycles. The highest BCUT2D eigenvalue weighted by Gasteiger charge is 2.26. The number of rotatable bonds is 5.